The topological polar surface area (TPSA) is 41.9 Å². The Kier molecular flexibility index (Phi) is 6.01. The first-order valence-corrected chi connectivity index (χ1v) is 9.80. The van der Waals surface area contributed by atoms with E-state index in [1.165, 1.54) is 17.3 Å². The number of aryl methyl sites for hydroxylation is 1. The summed E-state index contributed by atoms with van der Waals surface area (Å²) in [6.07, 6.45) is 1.89. The van der Waals surface area contributed by atoms with Crippen molar-refractivity contribution in [3.63, 3.8) is 0 Å². The first kappa shape index (κ1) is 19.2. The Morgan fingerprint density at radius 2 is 1.85 bits per heavy atom. The summed E-state index contributed by atoms with van der Waals surface area (Å²) in [5.74, 6) is 1.18. The molecule has 1 amide bonds. The molecule has 0 atom stereocenters. The number of amidine groups is 1. The first-order chi connectivity index (χ1) is 12.9. The Balaban J connectivity index is 1.86. The van der Waals surface area contributed by atoms with Crippen molar-refractivity contribution in [2.75, 3.05) is 13.7 Å². The number of carbonyl (C=O) groups is 1. The minimum Gasteiger partial charge on any atom is -0.493 e. The average molecular weight is 381 g/mol. The predicted molar refractivity (Wildman–Crippen MR) is 113 cm³/mol. The van der Waals surface area contributed by atoms with Crippen LogP contribution >= 0.6 is 11.8 Å². The summed E-state index contributed by atoms with van der Waals surface area (Å²) >= 11 is 1.39. The Bertz CT molecular complexity index is 885. The third-order valence-corrected chi connectivity index (χ3v) is 5.10. The molecule has 0 spiro atoms. The van der Waals surface area contributed by atoms with Crippen molar-refractivity contribution in [3.8, 4) is 5.75 Å². The van der Waals surface area contributed by atoms with Crippen LogP contribution in [0.1, 0.15) is 25.0 Å². The number of thioether (sulfide) groups is 1. The lowest BCUT2D eigenvalue weighted by Gasteiger charge is -2.11. The number of nitrogens with zero attached hydrogens (tertiary/aromatic N) is 2. The van der Waals surface area contributed by atoms with Crippen LogP contribution in [0.3, 0.4) is 0 Å². The number of carbonyl (C=O) groups excluding carboxylic acids is 1. The molecular weight excluding hydrogens is 356 g/mol. The fourth-order valence-corrected chi connectivity index (χ4v) is 3.49. The normalized spacial score (nSPS) is 17.4. The molecule has 0 unspecified atom stereocenters. The van der Waals surface area contributed by atoms with Crippen LogP contribution in [0.15, 0.2) is 58.4 Å². The molecule has 0 aliphatic carbocycles. The van der Waals surface area contributed by atoms with Gasteiger partial charge in [0.1, 0.15) is 5.75 Å². The Morgan fingerprint density at radius 1 is 1.15 bits per heavy atom. The summed E-state index contributed by atoms with van der Waals surface area (Å²) in [6, 6.07) is 15.7. The van der Waals surface area contributed by atoms with Gasteiger partial charge < -0.3 is 4.74 Å². The van der Waals surface area contributed by atoms with E-state index in [2.05, 4.69) is 18.8 Å². The van der Waals surface area contributed by atoms with Gasteiger partial charge in [-0.05, 0) is 48.9 Å². The molecule has 140 valence electrons. The number of para-hydroxylation sites is 1. The average Bonchev–Trinajstić information content (AvgIpc) is 2.91. The monoisotopic (exact) mass is 380 g/mol. The summed E-state index contributed by atoms with van der Waals surface area (Å²) in [5.41, 5.74) is 2.92. The van der Waals surface area contributed by atoms with Gasteiger partial charge in [-0.25, -0.2) is 4.99 Å². The SMILES string of the molecule is Cc1ccc(N=C2S/C(=C/c3ccccc3OCC(C)C)C(=O)N2C)cc1. The van der Waals surface area contributed by atoms with E-state index in [1.807, 2.05) is 61.5 Å². The predicted octanol–water partition coefficient (Wildman–Crippen LogP) is 5.26. The van der Waals surface area contributed by atoms with E-state index < -0.39 is 0 Å². The van der Waals surface area contributed by atoms with Gasteiger partial charge >= 0.3 is 0 Å². The highest BCUT2D eigenvalue weighted by Crippen LogP contribution is 2.34. The molecule has 5 heteroatoms. The van der Waals surface area contributed by atoms with Crippen LogP contribution in [0, 0.1) is 12.8 Å². The quantitative estimate of drug-likeness (QED) is 0.664. The third kappa shape index (κ3) is 4.80. The van der Waals surface area contributed by atoms with Crippen LogP contribution < -0.4 is 4.74 Å². The molecule has 1 saturated heterocycles. The second-order valence-electron chi connectivity index (χ2n) is 6.95. The molecule has 0 aromatic heterocycles. The van der Waals surface area contributed by atoms with E-state index in [1.54, 1.807) is 11.9 Å². The highest BCUT2D eigenvalue weighted by molar-refractivity contribution is 8.18. The van der Waals surface area contributed by atoms with Gasteiger partial charge in [0.05, 0.1) is 17.2 Å². The van der Waals surface area contributed by atoms with Gasteiger partial charge in [-0.3, -0.25) is 9.69 Å². The lowest BCUT2D eigenvalue weighted by atomic mass is 10.1. The van der Waals surface area contributed by atoms with Gasteiger partial charge in [0.15, 0.2) is 5.17 Å². The van der Waals surface area contributed by atoms with Crippen LogP contribution in [0.25, 0.3) is 6.08 Å². The van der Waals surface area contributed by atoms with Crippen LogP contribution in [0.2, 0.25) is 0 Å². The largest absolute Gasteiger partial charge is 0.493 e. The second-order valence-corrected chi connectivity index (χ2v) is 7.96. The van der Waals surface area contributed by atoms with Crippen molar-refractivity contribution in [1.82, 2.24) is 4.90 Å². The number of hydrogen-bond acceptors (Lipinski definition) is 4. The van der Waals surface area contributed by atoms with Crippen molar-refractivity contribution < 1.29 is 9.53 Å². The first-order valence-electron chi connectivity index (χ1n) is 8.99. The minimum atomic E-state index is -0.0514. The van der Waals surface area contributed by atoms with Crippen molar-refractivity contribution in [2.45, 2.75) is 20.8 Å². The molecule has 3 rings (SSSR count). The smallest absolute Gasteiger partial charge is 0.266 e. The molecule has 0 bridgehead atoms. The molecule has 4 nitrogen and oxygen atoms in total. The number of aliphatic imine (C=N–C) groups is 1. The highest BCUT2D eigenvalue weighted by Gasteiger charge is 2.30. The zero-order chi connectivity index (χ0) is 19.4. The maximum Gasteiger partial charge on any atom is 0.266 e. The number of amides is 1. The number of benzene rings is 2. The summed E-state index contributed by atoms with van der Waals surface area (Å²) in [6.45, 7) is 6.90. The van der Waals surface area contributed by atoms with E-state index in [0.717, 1.165) is 17.0 Å². The zero-order valence-corrected chi connectivity index (χ0v) is 16.9. The fourth-order valence-electron chi connectivity index (χ4n) is 2.51. The maximum absolute atomic E-state index is 12.7. The van der Waals surface area contributed by atoms with Crippen molar-refractivity contribution in [1.29, 1.82) is 0 Å². The summed E-state index contributed by atoms with van der Waals surface area (Å²) < 4.78 is 5.90. The fraction of sp³-hybridized carbons (Fsp3) is 0.273. The summed E-state index contributed by atoms with van der Waals surface area (Å²) in [4.78, 5) is 19.5. The van der Waals surface area contributed by atoms with Crippen LogP contribution in [-0.2, 0) is 4.79 Å². The molecule has 1 heterocycles. The molecule has 1 aliphatic heterocycles. The Hall–Kier alpha value is -2.53. The van der Waals surface area contributed by atoms with E-state index in [4.69, 9.17) is 4.74 Å². The van der Waals surface area contributed by atoms with Gasteiger partial charge in [-0.15, -0.1) is 0 Å². The van der Waals surface area contributed by atoms with E-state index in [9.17, 15) is 4.79 Å². The molecule has 1 aliphatic rings. The highest BCUT2D eigenvalue weighted by atomic mass is 32.2. The third-order valence-electron chi connectivity index (χ3n) is 4.04. The van der Waals surface area contributed by atoms with E-state index in [0.29, 0.717) is 22.6 Å². The van der Waals surface area contributed by atoms with Gasteiger partial charge in [0.25, 0.3) is 5.91 Å². The maximum atomic E-state index is 12.7. The van der Waals surface area contributed by atoms with Crippen LogP contribution in [-0.4, -0.2) is 29.6 Å². The van der Waals surface area contributed by atoms with Crippen LogP contribution in [0.4, 0.5) is 5.69 Å². The van der Waals surface area contributed by atoms with Gasteiger partial charge in [0, 0.05) is 12.6 Å². The van der Waals surface area contributed by atoms with Crippen molar-refractivity contribution >= 4 is 34.6 Å². The number of rotatable bonds is 5. The van der Waals surface area contributed by atoms with Crippen molar-refractivity contribution in [3.05, 3.63) is 64.6 Å². The zero-order valence-electron chi connectivity index (χ0n) is 16.1. The molecule has 0 saturated carbocycles. The van der Waals surface area contributed by atoms with Crippen molar-refractivity contribution in [2.24, 2.45) is 10.9 Å². The number of ether oxygens (including phenoxy) is 1. The van der Waals surface area contributed by atoms with Gasteiger partial charge in [-0.2, -0.15) is 0 Å². The van der Waals surface area contributed by atoms with Gasteiger partial charge in [0.2, 0.25) is 0 Å². The molecule has 0 N–H and O–H groups in total. The second kappa shape index (κ2) is 8.44. The Labute approximate surface area is 164 Å². The number of hydrogen-bond donors (Lipinski definition) is 0. The minimum absolute atomic E-state index is 0.0514. The van der Waals surface area contributed by atoms with E-state index in [-0.39, 0.29) is 5.91 Å². The standard InChI is InChI=1S/C22H24N2O2S/c1-15(2)14-26-19-8-6-5-7-17(19)13-20-21(25)24(4)22(27-20)23-18-11-9-16(3)10-12-18/h5-13,15H,14H2,1-4H3/b20-13+,23-22?. The molecule has 1 fully saturated rings. The number of likely N-dealkylation sites (N-methyl/N-ethyl adjacent to an activating group) is 1. The lowest BCUT2D eigenvalue weighted by Crippen LogP contribution is -2.23. The molecule has 0 radical (unpaired) electrons. The summed E-state index contributed by atoms with van der Waals surface area (Å²) in [7, 11) is 1.75. The van der Waals surface area contributed by atoms with E-state index >= 15 is 0 Å². The lowest BCUT2D eigenvalue weighted by molar-refractivity contribution is -0.121. The molecular formula is C22H24N2O2S. The molecule has 2 aromatic carbocycles. The molecule has 27 heavy (non-hydrogen) atoms. The van der Waals surface area contributed by atoms with Crippen LogP contribution in [0.5, 0.6) is 5.75 Å². The van der Waals surface area contributed by atoms with Gasteiger partial charge in [-0.1, -0.05) is 49.7 Å². The summed E-state index contributed by atoms with van der Waals surface area (Å²) in [5, 5.41) is 0.677. The molecule has 2 aromatic rings. The Morgan fingerprint density at radius 3 is 2.56 bits per heavy atom.